The highest BCUT2D eigenvalue weighted by Crippen LogP contribution is 2.30. The average Bonchev–Trinajstić information content (AvgIpc) is 2.88. The molecule has 1 heterocycles. The predicted molar refractivity (Wildman–Crippen MR) is 132 cm³/mol. The highest BCUT2D eigenvalue weighted by atomic mass is 32.2. The Morgan fingerprint density at radius 3 is 2.39 bits per heavy atom. The number of carbonyl (C=O) groups is 2. The van der Waals surface area contributed by atoms with Crippen molar-refractivity contribution in [3.63, 3.8) is 0 Å². The van der Waals surface area contributed by atoms with Crippen LogP contribution in [0.25, 0.3) is 6.08 Å². The second-order valence-corrected chi connectivity index (χ2v) is 10.1. The lowest BCUT2D eigenvalue weighted by Gasteiger charge is -2.26. The second-order valence-electron chi connectivity index (χ2n) is 8.21. The zero-order valence-corrected chi connectivity index (χ0v) is 21.0. The monoisotopic (exact) mass is 521 g/mol. The van der Waals surface area contributed by atoms with Gasteiger partial charge in [0.1, 0.15) is 34.5 Å². The van der Waals surface area contributed by atoms with Gasteiger partial charge in [-0.25, -0.2) is 17.2 Å². The Labute approximate surface area is 209 Å². The van der Waals surface area contributed by atoms with E-state index in [0.29, 0.717) is 18.7 Å². The van der Waals surface area contributed by atoms with Gasteiger partial charge in [0.25, 0.3) is 0 Å². The van der Waals surface area contributed by atoms with Gasteiger partial charge in [0.05, 0.1) is 7.11 Å². The molecule has 1 aliphatic heterocycles. The van der Waals surface area contributed by atoms with Crippen molar-refractivity contribution < 1.29 is 31.5 Å². The van der Waals surface area contributed by atoms with Crippen molar-refractivity contribution >= 4 is 33.6 Å². The number of nitrogens with one attached hydrogen (secondary N) is 1. The fourth-order valence-electron chi connectivity index (χ4n) is 3.83. The molecule has 8 nitrogen and oxygen atoms in total. The Balaban J connectivity index is 1.74. The summed E-state index contributed by atoms with van der Waals surface area (Å²) >= 11 is 0. The maximum absolute atomic E-state index is 13.8. The van der Waals surface area contributed by atoms with E-state index in [4.69, 9.17) is 4.74 Å². The largest absolute Gasteiger partial charge is 0.495 e. The number of hydrogen-bond donors (Lipinski definition) is 1. The lowest BCUT2D eigenvalue weighted by molar-refractivity contribution is -0.130. The van der Waals surface area contributed by atoms with Crippen LogP contribution in [0.3, 0.4) is 0 Å². The van der Waals surface area contributed by atoms with Crippen LogP contribution in [0.4, 0.5) is 14.5 Å². The van der Waals surface area contributed by atoms with Crippen molar-refractivity contribution in [3.8, 4) is 5.75 Å². The van der Waals surface area contributed by atoms with Crippen LogP contribution in [0.2, 0.25) is 0 Å². The van der Waals surface area contributed by atoms with Crippen molar-refractivity contribution in [2.24, 2.45) is 0 Å². The molecule has 194 valence electrons. The van der Waals surface area contributed by atoms with Gasteiger partial charge in [-0.1, -0.05) is 18.6 Å². The van der Waals surface area contributed by atoms with Crippen molar-refractivity contribution in [1.82, 2.24) is 9.21 Å². The van der Waals surface area contributed by atoms with Gasteiger partial charge in [-0.15, -0.1) is 0 Å². The van der Waals surface area contributed by atoms with E-state index in [2.05, 4.69) is 5.32 Å². The summed E-state index contributed by atoms with van der Waals surface area (Å²) < 4.78 is 60.6. The van der Waals surface area contributed by atoms with E-state index in [0.717, 1.165) is 31.4 Å². The van der Waals surface area contributed by atoms with Gasteiger partial charge in [-0.2, -0.15) is 4.31 Å². The Morgan fingerprint density at radius 1 is 1.11 bits per heavy atom. The molecule has 0 radical (unpaired) electrons. The number of carbonyl (C=O) groups excluding carboxylic acids is 2. The molecule has 0 saturated carbocycles. The van der Waals surface area contributed by atoms with Crippen LogP contribution in [0.1, 0.15) is 31.7 Å². The van der Waals surface area contributed by atoms with Crippen molar-refractivity contribution in [1.29, 1.82) is 0 Å². The predicted octanol–water partition coefficient (Wildman–Crippen LogP) is 3.65. The molecule has 0 atom stereocenters. The molecule has 1 N–H and O–H groups in total. The van der Waals surface area contributed by atoms with Gasteiger partial charge in [0, 0.05) is 25.7 Å². The SMILES string of the molecule is CCN(CC(=O)Nc1c(F)cccc1F)C(=O)/C=C/c1ccc(OC)c(S(=O)(=O)N2CCCCC2)c1. The Bertz CT molecular complexity index is 1220. The van der Waals surface area contributed by atoms with Crippen molar-refractivity contribution in [2.75, 3.05) is 38.6 Å². The first-order valence-corrected chi connectivity index (χ1v) is 13.0. The van der Waals surface area contributed by atoms with Crippen molar-refractivity contribution in [3.05, 3.63) is 59.7 Å². The van der Waals surface area contributed by atoms with Gasteiger partial charge in [-0.3, -0.25) is 9.59 Å². The topological polar surface area (TPSA) is 96.0 Å². The number of piperidine rings is 1. The van der Waals surface area contributed by atoms with Gasteiger partial charge in [0.2, 0.25) is 21.8 Å². The zero-order chi connectivity index (χ0) is 26.3. The molecule has 3 rings (SSSR count). The molecule has 2 amide bonds. The molecular weight excluding hydrogens is 492 g/mol. The molecule has 0 bridgehead atoms. The summed E-state index contributed by atoms with van der Waals surface area (Å²) in [5.41, 5.74) is -0.129. The normalized spacial score (nSPS) is 14.6. The van der Waals surface area contributed by atoms with E-state index < -0.39 is 45.7 Å². The summed E-state index contributed by atoms with van der Waals surface area (Å²) in [6, 6.07) is 7.78. The van der Waals surface area contributed by atoms with E-state index >= 15 is 0 Å². The lowest BCUT2D eigenvalue weighted by Crippen LogP contribution is -2.37. The highest BCUT2D eigenvalue weighted by Gasteiger charge is 2.29. The molecule has 2 aromatic rings. The van der Waals surface area contributed by atoms with Crippen LogP contribution in [0.5, 0.6) is 5.75 Å². The smallest absolute Gasteiger partial charge is 0.247 e. The van der Waals surface area contributed by atoms with E-state index in [-0.39, 0.29) is 17.2 Å². The van der Waals surface area contributed by atoms with E-state index in [1.165, 1.54) is 46.7 Å². The van der Waals surface area contributed by atoms with Gasteiger partial charge in [0.15, 0.2) is 0 Å². The third-order valence-corrected chi connectivity index (χ3v) is 7.71. The van der Waals surface area contributed by atoms with E-state index in [9.17, 15) is 26.8 Å². The number of nitrogens with zero attached hydrogens (tertiary/aromatic N) is 2. The molecule has 0 spiro atoms. The summed E-state index contributed by atoms with van der Waals surface area (Å²) in [4.78, 5) is 26.2. The quantitative estimate of drug-likeness (QED) is 0.509. The number of sulfonamides is 1. The molecular formula is C25H29F2N3O5S. The first-order valence-electron chi connectivity index (χ1n) is 11.6. The molecule has 0 unspecified atom stereocenters. The first-order chi connectivity index (χ1) is 17.2. The first kappa shape index (κ1) is 27.3. The average molecular weight is 522 g/mol. The minimum atomic E-state index is -3.77. The number of likely N-dealkylation sites (N-methyl/N-ethyl adjacent to an activating group) is 1. The van der Waals surface area contributed by atoms with Gasteiger partial charge in [-0.05, 0) is 55.7 Å². The van der Waals surface area contributed by atoms with Crippen LogP contribution in [0, 0.1) is 11.6 Å². The summed E-state index contributed by atoms with van der Waals surface area (Å²) in [6.45, 7) is 2.26. The summed E-state index contributed by atoms with van der Waals surface area (Å²) in [5.74, 6) is -2.93. The number of anilines is 1. The highest BCUT2D eigenvalue weighted by molar-refractivity contribution is 7.89. The van der Waals surface area contributed by atoms with E-state index in [1.54, 1.807) is 13.0 Å². The number of halogens is 2. The van der Waals surface area contributed by atoms with Crippen LogP contribution in [0.15, 0.2) is 47.4 Å². The number of rotatable bonds is 9. The summed E-state index contributed by atoms with van der Waals surface area (Å²) in [5, 5.41) is 2.15. The standard InChI is InChI=1S/C25H29F2N3O5S/c1-3-29(17-23(31)28-25-19(26)8-7-9-20(25)27)24(32)13-11-18-10-12-21(35-2)22(16-18)36(33,34)30-14-5-4-6-15-30/h7-13,16H,3-6,14-15,17H2,1-2H3,(H,28,31)/b13-11+. The fraction of sp³-hybridized carbons (Fsp3) is 0.360. The number of hydrogen-bond acceptors (Lipinski definition) is 5. The van der Waals surface area contributed by atoms with Gasteiger partial charge < -0.3 is 15.0 Å². The second kappa shape index (κ2) is 12.1. The van der Waals surface area contributed by atoms with Crippen LogP contribution < -0.4 is 10.1 Å². The van der Waals surface area contributed by atoms with Crippen LogP contribution in [-0.4, -0.2) is 62.7 Å². The number of methoxy groups -OCH3 is 1. The molecule has 0 aromatic heterocycles. The molecule has 36 heavy (non-hydrogen) atoms. The Morgan fingerprint density at radius 2 is 1.78 bits per heavy atom. The Kier molecular flexibility index (Phi) is 9.16. The molecule has 1 fully saturated rings. The lowest BCUT2D eigenvalue weighted by atomic mass is 10.2. The minimum Gasteiger partial charge on any atom is -0.495 e. The number of benzene rings is 2. The van der Waals surface area contributed by atoms with Crippen LogP contribution in [-0.2, 0) is 19.6 Å². The van der Waals surface area contributed by atoms with Crippen molar-refractivity contribution in [2.45, 2.75) is 31.1 Å². The zero-order valence-electron chi connectivity index (χ0n) is 20.2. The molecule has 1 aliphatic rings. The molecule has 0 aliphatic carbocycles. The maximum Gasteiger partial charge on any atom is 0.247 e. The van der Waals surface area contributed by atoms with Gasteiger partial charge >= 0.3 is 0 Å². The maximum atomic E-state index is 13.8. The summed E-state index contributed by atoms with van der Waals surface area (Å²) in [7, 11) is -2.38. The third kappa shape index (κ3) is 6.46. The molecule has 1 saturated heterocycles. The summed E-state index contributed by atoms with van der Waals surface area (Å²) in [6.07, 6.45) is 5.21. The third-order valence-electron chi connectivity index (χ3n) is 5.79. The minimum absolute atomic E-state index is 0.0140. The molecule has 2 aromatic carbocycles. The Hall–Kier alpha value is -3.31. The number of ether oxygens (including phenoxy) is 1. The molecule has 11 heteroatoms. The number of para-hydroxylation sites is 1. The number of amides is 2. The van der Waals surface area contributed by atoms with E-state index in [1.807, 2.05) is 0 Å². The fourth-order valence-corrected chi connectivity index (χ4v) is 5.54. The van der Waals surface area contributed by atoms with Crippen LogP contribution >= 0.6 is 0 Å².